The van der Waals surface area contributed by atoms with Crippen LogP contribution in [0.2, 0.25) is 0 Å². The Morgan fingerprint density at radius 3 is 2.61 bits per heavy atom. The van der Waals surface area contributed by atoms with Crippen LogP contribution in [0.4, 0.5) is 0 Å². The number of nitrogens with zero attached hydrogens (tertiary/aromatic N) is 1. The third kappa shape index (κ3) is 4.19. The Labute approximate surface area is 137 Å². The van der Waals surface area contributed by atoms with Crippen LogP contribution in [-0.2, 0) is 9.63 Å². The van der Waals surface area contributed by atoms with Crippen LogP contribution in [0, 0.1) is 5.92 Å². The molecule has 0 saturated heterocycles. The van der Waals surface area contributed by atoms with Crippen LogP contribution in [0.15, 0.2) is 47.6 Å². The smallest absolute Gasteiger partial charge is 0.318 e. The Bertz CT molecular complexity index is 714. The molecule has 1 saturated carbocycles. The first kappa shape index (κ1) is 15.7. The normalized spacial score (nSPS) is 16.5. The number of carbonyl (C=O) groups is 1. The first-order valence-electron chi connectivity index (χ1n) is 8.46. The third-order valence-corrected chi connectivity index (χ3v) is 4.63. The van der Waals surface area contributed by atoms with Gasteiger partial charge in [-0.3, -0.25) is 0 Å². The third-order valence-electron chi connectivity index (χ3n) is 4.63. The number of hydrogen-bond acceptors (Lipinski definition) is 3. The molecule has 0 aromatic heterocycles. The Balaban J connectivity index is 1.62. The van der Waals surface area contributed by atoms with Crippen LogP contribution in [0.5, 0.6) is 0 Å². The largest absolute Gasteiger partial charge is 0.335 e. The molecule has 3 rings (SSSR count). The van der Waals surface area contributed by atoms with Gasteiger partial charge in [0, 0.05) is 0 Å². The zero-order valence-electron chi connectivity index (χ0n) is 13.6. The zero-order chi connectivity index (χ0) is 16.1. The molecule has 2 aromatic carbocycles. The summed E-state index contributed by atoms with van der Waals surface area (Å²) >= 11 is 0. The molecular weight excluding hydrogens is 286 g/mol. The lowest BCUT2D eigenvalue weighted by Gasteiger charge is -2.19. The molecule has 0 radical (unpaired) electrons. The number of oxime groups is 1. The Kier molecular flexibility index (Phi) is 5.06. The van der Waals surface area contributed by atoms with Crippen molar-refractivity contribution in [3.63, 3.8) is 0 Å². The van der Waals surface area contributed by atoms with E-state index in [2.05, 4.69) is 29.4 Å². The molecule has 0 bridgehead atoms. The summed E-state index contributed by atoms with van der Waals surface area (Å²) in [5.74, 6) is 0.268. The summed E-state index contributed by atoms with van der Waals surface area (Å²) in [4.78, 5) is 17.1. The lowest BCUT2D eigenvalue weighted by molar-refractivity contribution is -0.145. The molecule has 1 aliphatic carbocycles. The monoisotopic (exact) mass is 309 g/mol. The van der Waals surface area contributed by atoms with E-state index in [0.717, 1.165) is 29.5 Å². The quantitative estimate of drug-likeness (QED) is 0.449. The van der Waals surface area contributed by atoms with Gasteiger partial charge < -0.3 is 4.84 Å². The minimum Gasteiger partial charge on any atom is -0.318 e. The number of benzene rings is 2. The summed E-state index contributed by atoms with van der Waals surface area (Å²) in [6, 6.07) is 14.3. The molecule has 3 heteroatoms. The molecule has 0 unspecified atom stereocenters. The van der Waals surface area contributed by atoms with E-state index >= 15 is 0 Å². The van der Waals surface area contributed by atoms with Crippen molar-refractivity contribution in [1.82, 2.24) is 0 Å². The van der Waals surface area contributed by atoms with Crippen LogP contribution in [0.1, 0.15) is 51.0 Å². The summed E-state index contributed by atoms with van der Waals surface area (Å²) in [6.07, 6.45) is 6.54. The molecule has 0 N–H and O–H groups in total. The van der Waals surface area contributed by atoms with E-state index in [1.54, 1.807) is 0 Å². The minimum atomic E-state index is -0.211. The fourth-order valence-electron chi connectivity index (χ4n) is 3.25. The highest BCUT2D eigenvalue weighted by atomic mass is 16.7. The van der Waals surface area contributed by atoms with E-state index in [9.17, 15) is 4.79 Å². The van der Waals surface area contributed by atoms with Crippen molar-refractivity contribution in [2.75, 3.05) is 0 Å². The van der Waals surface area contributed by atoms with Gasteiger partial charge in [0.15, 0.2) is 0 Å². The maximum atomic E-state index is 11.9. The van der Waals surface area contributed by atoms with E-state index in [-0.39, 0.29) is 5.97 Å². The Hall–Kier alpha value is -2.16. The average molecular weight is 309 g/mol. The summed E-state index contributed by atoms with van der Waals surface area (Å²) in [5, 5.41) is 6.39. The van der Waals surface area contributed by atoms with Crippen molar-refractivity contribution in [2.24, 2.45) is 11.1 Å². The molecule has 0 heterocycles. The molecule has 3 nitrogen and oxygen atoms in total. The van der Waals surface area contributed by atoms with Gasteiger partial charge in [0.2, 0.25) is 0 Å². The number of fused-ring (bicyclic) bond motifs is 1. The van der Waals surface area contributed by atoms with Gasteiger partial charge in [0.1, 0.15) is 0 Å². The minimum absolute atomic E-state index is 0.211. The lowest BCUT2D eigenvalue weighted by atomic mass is 9.87. The molecule has 120 valence electrons. The second-order valence-corrected chi connectivity index (χ2v) is 6.41. The first-order valence-corrected chi connectivity index (χ1v) is 8.46. The van der Waals surface area contributed by atoms with Crippen LogP contribution in [0.3, 0.4) is 0 Å². The highest BCUT2D eigenvalue weighted by Gasteiger charge is 2.18. The van der Waals surface area contributed by atoms with Crippen molar-refractivity contribution < 1.29 is 9.63 Å². The van der Waals surface area contributed by atoms with E-state index in [4.69, 9.17) is 4.84 Å². The molecule has 1 fully saturated rings. The molecule has 2 aromatic rings. The predicted octanol–water partition coefficient (Wildman–Crippen LogP) is 5.08. The van der Waals surface area contributed by atoms with Gasteiger partial charge in [0.05, 0.1) is 12.1 Å². The van der Waals surface area contributed by atoms with Crippen molar-refractivity contribution in [1.29, 1.82) is 0 Å². The molecule has 0 atom stereocenters. The molecule has 0 spiro atoms. The van der Waals surface area contributed by atoms with E-state index in [0.29, 0.717) is 12.3 Å². The van der Waals surface area contributed by atoms with Crippen molar-refractivity contribution >= 4 is 22.5 Å². The fourth-order valence-corrected chi connectivity index (χ4v) is 3.25. The van der Waals surface area contributed by atoms with Crippen molar-refractivity contribution in [3.05, 3.63) is 48.0 Å². The van der Waals surface area contributed by atoms with Crippen LogP contribution >= 0.6 is 0 Å². The highest BCUT2D eigenvalue weighted by molar-refractivity contribution is 6.01. The maximum Gasteiger partial charge on any atom is 0.335 e. The number of hydrogen-bond donors (Lipinski definition) is 0. The van der Waals surface area contributed by atoms with Crippen LogP contribution in [0.25, 0.3) is 10.8 Å². The van der Waals surface area contributed by atoms with Gasteiger partial charge >= 0.3 is 5.97 Å². The summed E-state index contributed by atoms with van der Waals surface area (Å²) in [5.41, 5.74) is 1.71. The second-order valence-electron chi connectivity index (χ2n) is 6.41. The molecule has 0 aliphatic heterocycles. The van der Waals surface area contributed by atoms with E-state index < -0.39 is 0 Å². The van der Waals surface area contributed by atoms with E-state index in [1.807, 2.05) is 25.1 Å². The zero-order valence-corrected chi connectivity index (χ0v) is 13.6. The van der Waals surface area contributed by atoms with Gasteiger partial charge in [-0.05, 0) is 48.1 Å². The highest BCUT2D eigenvalue weighted by Crippen LogP contribution is 2.26. The number of rotatable bonds is 4. The average Bonchev–Trinajstić information content (AvgIpc) is 2.60. The van der Waals surface area contributed by atoms with Gasteiger partial charge in [-0.15, -0.1) is 0 Å². The summed E-state index contributed by atoms with van der Waals surface area (Å²) in [6.45, 7) is 1.87. The van der Waals surface area contributed by atoms with Gasteiger partial charge in [0.25, 0.3) is 0 Å². The summed E-state index contributed by atoms with van der Waals surface area (Å²) < 4.78 is 0. The first-order chi connectivity index (χ1) is 11.2. The van der Waals surface area contributed by atoms with Gasteiger partial charge in [-0.1, -0.05) is 60.8 Å². The molecular formula is C20H23NO2. The van der Waals surface area contributed by atoms with E-state index in [1.165, 1.54) is 24.6 Å². The number of carbonyl (C=O) groups excluding carboxylic acids is 1. The van der Waals surface area contributed by atoms with Crippen molar-refractivity contribution in [2.45, 2.75) is 45.4 Å². The predicted molar refractivity (Wildman–Crippen MR) is 93.4 cm³/mol. The van der Waals surface area contributed by atoms with Crippen LogP contribution < -0.4 is 0 Å². The van der Waals surface area contributed by atoms with Gasteiger partial charge in [-0.25, -0.2) is 4.79 Å². The topological polar surface area (TPSA) is 38.7 Å². The molecule has 1 aliphatic rings. The summed E-state index contributed by atoms with van der Waals surface area (Å²) in [7, 11) is 0. The lowest BCUT2D eigenvalue weighted by Crippen LogP contribution is -2.13. The standard InChI is InChI=1S/C20H23NO2/c1-15(18-12-11-17-9-5-6-10-19(17)14-18)21-23-20(22)13-16-7-3-2-4-8-16/h5-6,9-12,14,16H,2-4,7-8,13H2,1H3. The SMILES string of the molecule is CC(=NOC(=O)CC1CCCCC1)c1ccc2ccccc2c1. The second kappa shape index (κ2) is 7.40. The van der Waals surface area contributed by atoms with Crippen molar-refractivity contribution in [3.8, 4) is 0 Å². The van der Waals surface area contributed by atoms with Gasteiger partial charge in [-0.2, -0.15) is 0 Å². The maximum absolute atomic E-state index is 11.9. The Morgan fingerprint density at radius 1 is 1.09 bits per heavy atom. The Morgan fingerprint density at radius 2 is 1.83 bits per heavy atom. The molecule has 23 heavy (non-hydrogen) atoms. The van der Waals surface area contributed by atoms with Crippen LogP contribution in [-0.4, -0.2) is 11.7 Å². The molecule has 0 amide bonds. The fraction of sp³-hybridized carbons (Fsp3) is 0.400.